The number of nitrogens with one attached hydrogen (secondary N) is 1. The normalized spacial score (nSPS) is 8.00. The summed E-state index contributed by atoms with van der Waals surface area (Å²) >= 11 is 1.01. The second kappa shape index (κ2) is 6.52. The van der Waals surface area contributed by atoms with Gasteiger partial charge in [0.2, 0.25) is 6.41 Å². The van der Waals surface area contributed by atoms with E-state index < -0.39 is 0 Å². The van der Waals surface area contributed by atoms with E-state index in [1.807, 2.05) is 0 Å². The van der Waals surface area contributed by atoms with Crippen LogP contribution in [0, 0.1) is 0 Å². The first kappa shape index (κ1) is 7.52. The molecule has 0 spiro atoms. The molecule has 0 aromatic rings. The fourth-order valence-corrected chi connectivity index (χ4v) is 0.465. The smallest absolute Gasteiger partial charge is 0.240 e. The van der Waals surface area contributed by atoms with Crippen molar-refractivity contribution >= 4 is 18.5 Å². The van der Waals surface area contributed by atoms with E-state index >= 15 is 0 Å². The average Bonchev–Trinajstić information content (AvgIpc) is 1.81. The highest BCUT2D eigenvalue weighted by Crippen LogP contribution is 1.81. The lowest BCUT2D eigenvalue weighted by molar-refractivity contribution is -0.108. The summed E-state index contributed by atoms with van der Waals surface area (Å²) in [4.78, 5) is 9.51. The van der Waals surface area contributed by atoms with Crippen LogP contribution in [0.5, 0.6) is 0 Å². The zero-order valence-corrected chi connectivity index (χ0v) is 5.15. The summed E-state index contributed by atoms with van der Waals surface area (Å²) in [5, 5.41) is 0. The van der Waals surface area contributed by atoms with Crippen LogP contribution in [-0.4, -0.2) is 13.0 Å². The molecule has 1 radical (unpaired) electrons. The minimum atomic E-state index is 0.487. The van der Waals surface area contributed by atoms with Gasteiger partial charge in [0.15, 0.2) is 0 Å². The van der Waals surface area contributed by atoms with Gasteiger partial charge in [-0.3, -0.25) is 4.79 Å². The first-order chi connectivity index (χ1) is 3.91. The van der Waals surface area contributed by atoms with Crippen molar-refractivity contribution < 1.29 is 4.79 Å². The molecule has 0 unspecified atom stereocenters. The molecule has 0 rings (SSSR count). The Morgan fingerprint density at radius 1 is 1.88 bits per heavy atom. The molecule has 8 heavy (non-hydrogen) atoms. The predicted molar refractivity (Wildman–Crippen MR) is 34.0 cm³/mol. The van der Waals surface area contributed by atoms with Crippen LogP contribution in [0.2, 0.25) is 0 Å². The van der Waals surface area contributed by atoms with Crippen molar-refractivity contribution in [1.29, 1.82) is 0 Å². The Bertz CT molecular complexity index is 66.4. The molecule has 45 valence electrons. The summed E-state index contributed by atoms with van der Waals surface area (Å²) in [5.74, 6) is 0. The van der Waals surface area contributed by atoms with E-state index in [2.05, 4.69) is 16.0 Å². The van der Waals surface area contributed by atoms with Crippen LogP contribution < -0.4 is 9.44 Å². The largest absolute Gasteiger partial charge is 0.276 e. The predicted octanol–water partition coefficient (Wildman–Crippen LogP) is 0.0860. The van der Waals surface area contributed by atoms with Gasteiger partial charge in [0.1, 0.15) is 0 Å². The molecule has 0 aromatic heterocycles. The molecule has 0 aliphatic rings. The van der Waals surface area contributed by atoms with Crippen LogP contribution >= 0.6 is 12.1 Å². The zero-order valence-electron chi connectivity index (χ0n) is 4.33. The third-order valence-electron chi connectivity index (χ3n) is 0.388. The Hall–Kier alpha value is -0.480. The van der Waals surface area contributed by atoms with Gasteiger partial charge in [-0.25, -0.2) is 4.72 Å². The number of hydrogen-bond donors (Lipinski definition) is 1. The Labute approximate surface area is 52.8 Å². The minimum absolute atomic E-state index is 0.487. The Morgan fingerprint density at radius 3 is 3.12 bits per heavy atom. The Balaban J connectivity index is 2.71. The third kappa shape index (κ3) is 5.52. The molecule has 0 saturated carbocycles. The maximum Gasteiger partial charge on any atom is 0.240 e. The van der Waals surface area contributed by atoms with Crippen molar-refractivity contribution in [2.75, 3.05) is 6.54 Å². The Morgan fingerprint density at radius 2 is 2.62 bits per heavy atom. The highest BCUT2D eigenvalue weighted by molar-refractivity contribution is 7.95. The quantitative estimate of drug-likeness (QED) is 0.249. The lowest BCUT2D eigenvalue weighted by Crippen LogP contribution is -2.06. The maximum absolute atomic E-state index is 9.51. The van der Waals surface area contributed by atoms with E-state index in [0.29, 0.717) is 13.0 Å². The van der Waals surface area contributed by atoms with Gasteiger partial charge < -0.3 is 0 Å². The molecule has 0 aromatic carbocycles. The summed E-state index contributed by atoms with van der Waals surface area (Å²) in [6, 6.07) is 0. The molecule has 0 saturated heterocycles. The third-order valence-corrected chi connectivity index (χ3v) is 0.875. The maximum atomic E-state index is 9.51. The minimum Gasteiger partial charge on any atom is -0.276 e. The van der Waals surface area contributed by atoms with Crippen LogP contribution in [0.3, 0.4) is 0 Å². The van der Waals surface area contributed by atoms with Gasteiger partial charge in [-0.15, -0.1) is 6.58 Å². The van der Waals surface area contributed by atoms with Gasteiger partial charge in [0.05, 0.1) is 12.1 Å². The van der Waals surface area contributed by atoms with Gasteiger partial charge in [0.25, 0.3) is 0 Å². The number of carbonyl (C=O) groups is 1. The molecule has 0 atom stereocenters. The number of nitrogens with zero attached hydrogens (tertiary/aromatic N) is 1. The SMILES string of the molecule is C=CCNS[N]C=O. The van der Waals surface area contributed by atoms with Crippen LogP contribution in [0.1, 0.15) is 0 Å². The monoisotopic (exact) mass is 131 g/mol. The van der Waals surface area contributed by atoms with E-state index in [1.165, 1.54) is 0 Å². The Kier molecular flexibility index (Phi) is 6.13. The summed E-state index contributed by atoms with van der Waals surface area (Å²) in [5.41, 5.74) is 0. The van der Waals surface area contributed by atoms with Crippen molar-refractivity contribution in [2.45, 2.75) is 0 Å². The van der Waals surface area contributed by atoms with Gasteiger partial charge in [0, 0.05) is 6.54 Å². The van der Waals surface area contributed by atoms with E-state index in [0.717, 1.165) is 12.1 Å². The van der Waals surface area contributed by atoms with Gasteiger partial charge in [-0.2, -0.15) is 4.72 Å². The van der Waals surface area contributed by atoms with E-state index in [4.69, 9.17) is 0 Å². The zero-order chi connectivity index (χ0) is 6.24. The topological polar surface area (TPSA) is 43.2 Å². The molecule has 1 amide bonds. The molecule has 0 bridgehead atoms. The summed E-state index contributed by atoms with van der Waals surface area (Å²) in [6.45, 7) is 4.11. The van der Waals surface area contributed by atoms with Crippen LogP contribution in [-0.2, 0) is 4.79 Å². The number of amides is 1. The number of rotatable bonds is 5. The lowest BCUT2D eigenvalue weighted by atomic mass is 10.7. The van der Waals surface area contributed by atoms with Crippen LogP contribution in [0.15, 0.2) is 12.7 Å². The van der Waals surface area contributed by atoms with E-state index in [-0.39, 0.29) is 0 Å². The number of carbonyl (C=O) groups excluding carboxylic acids is 1. The van der Waals surface area contributed by atoms with Crippen molar-refractivity contribution in [2.24, 2.45) is 0 Å². The molecule has 0 heterocycles. The average molecular weight is 131 g/mol. The molecule has 4 heteroatoms. The van der Waals surface area contributed by atoms with Crippen LogP contribution in [0.25, 0.3) is 0 Å². The fraction of sp³-hybridized carbons (Fsp3) is 0.250. The van der Waals surface area contributed by atoms with Crippen molar-refractivity contribution in [3.8, 4) is 0 Å². The number of hydrogen-bond acceptors (Lipinski definition) is 3. The van der Waals surface area contributed by atoms with Gasteiger partial charge in [-0.1, -0.05) is 6.08 Å². The molecular weight excluding hydrogens is 124 g/mol. The van der Waals surface area contributed by atoms with Gasteiger partial charge >= 0.3 is 0 Å². The molecule has 0 fully saturated rings. The fourth-order valence-electron chi connectivity index (χ4n) is 0.155. The van der Waals surface area contributed by atoms with Crippen LogP contribution in [0.4, 0.5) is 0 Å². The lowest BCUT2D eigenvalue weighted by Gasteiger charge is -1.90. The highest BCUT2D eigenvalue weighted by atomic mass is 32.2. The van der Waals surface area contributed by atoms with Crippen molar-refractivity contribution in [3.63, 3.8) is 0 Å². The molecular formula is C4H7N2OS. The first-order valence-electron chi connectivity index (χ1n) is 2.05. The van der Waals surface area contributed by atoms with E-state index in [9.17, 15) is 4.79 Å². The second-order valence-corrected chi connectivity index (χ2v) is 1.62. The van der Waals surface area contributed by atoms with E-state index in [1.54, 1.807) is 6.08 Å². The van der Waals surface area contributed by atoms with Gasteiger partial charge in [-0.05, 0) is 0 Å². The first-order valence-corrected chi connectivity index (χ1v) is 2.82. The molecule has 0 aliphatic heterocycles. The summed E-state index contributed by atoms with van der Waals surface area (Å²) in [6.07, 6.45) is 2.17. The van der Waals surface area contributed by atoms with Crippen molar-refractivity contribution in [1.82, 2.24) is 9.44 Å². The second-order valence-electron chi connectivity index (χ2n) is 0.939. The molecule has 3 nitrogen and oxygen atoms in total. The molecule has 0 aliphatic carbocycles. The standard InChI is InChI=1S/C4H7N2OS/c1-2-3-5-8-6-4-7/h2,4-5H,1,3H2. The summed E-state index contributed by atoms with van der Waals surface area (Å²) in [7, 11) is 0. The highest BCUT2D eigenvalue weighted by Gasteiger charge is 1.79. The summed E-state index contributed by atoms with van der Waals surface area (Å²) < 4.78 is 6.02. The molecule has 1 N–H and O–H groups in total. The van der Waals surface area contributed by atoms with Crippen molar-refractivity contribution in [3.05, 3.63) is 12.7 Å².